The first-order valence-electron chi connectivity index (χ1n) is 15.4. The Bertz CT molecular complexity index is 1360. The van der Waals surface area contributed by atoms with Gasteiger partial charge in [0.05, 0.1) is 11.0 Å². The van der Waals surface area contributed by atoms with Crippen molar-refractivity contribution in [1.82, 2.24) is 19.8 Å². The van der Waals surface area contributed by atoms with E-state index >= 15 is 0 Å². The molecule has 220 valence electrons. The van der Waals surface area contributed by atoms with Gasteiger partial charge in [-0.25, -0.2) is 9.78 Å². The van der Waals surface area contributed by atoms with E-state index in [0.29, 0.717) is 23.6 Å². The molecule has 10 nitrogen and oxygen atoms in total. The molecule has 1 amide bonds. The van der Waals surface area contributed by atoms with Crippen LogP contribution in [0.3, 0.4) is 0 Å². The van der Waals surface area contributed by atoms with Crippen molar-refractivity contribution < 1.29 is 19.5 Å². The Hall–Kier alpha value is -3.27. The van der Waals surface area contributed by atoms with Crippen molar-refractivity contribution in [2.45, 2.75) is 101 Å². The van der Waals surface area contributed by atoms with Crippen LogP contribution < -0.4 is 10.9 Å². The standard InChI is InChI=1S/C31H41N5O5/c1-32-30(39)28(34-41-18-27(37)38)29-31(40)36(26-12-5-4-11-25(26)33-29)24-16-21-9-6-10-22(17-24)35(21)23-14-19-7-2-3-8-20(13-19)15-23/h4-5,11-12,19-24H,2-3,6-10,13-18H2,1H3,(H,32,39)(H,37,38)/b34-28-. The number of nitrogens with one attached hydrogen (secondary N) is 1. The second-order valence-corrected chi connectivity index (χ2v) is 12.5. The fourth-order valence-electron chi connectivity index (χ4n) is 8.44. The number of hydrogen-bond acceptors (Lipinski definition) is 7. The van der Waals surface area contributed by atoms with Crippen molar-refractivity contribution in [3.63, 3.8) is 0 Å². The first-order chi connectivity index (χ1) is 19.9. The van der Waals surface area contributed by atoms with E-state index in [1.54, 1.807) is 0 Å². The Morgan fingerprint density at radius 2 is 1.63 bits per heavy atom. The molecule has 4 fully saturated rings. The molecule has 4 aliphatic rings. The van der Waals surface area contributed by atoms with Crippen LogP contribution in [-0.2, 0) is 14.4 Å². The Morgan fingerprint density at radius 1 is 0.951 bits per heavy atom. The van der Waals surface area contributed by atoms with Gasteiger partial charge in [0.25, 0.3) is 11.5 Å². The number of aromatic nitrogens is 2. The predicted molar refractivity (Wildman–Crippen MR) is 155 cm³/mol. The molecule has 2 saturated heterocycles. The van der Waals surface area contributed by atoms with Crippen molar-refractivity contribution >= 4 is 28.6 Å². The van der Waals surface area contributed by atoms with Gasteiger partial charge in [0, 0.05) is 31.2 Å². The minimum atomic E-state index is -1.23. The minimum absolute atomic E-state index is 0.0301. The zero-order valence-corrected chi connectivity index (χ0v) is 23.8. The van der Waals surface area contributed by atoms with Crippen molar-refractivity contribution in [2.75, 3.05) is 13.7 Å². The van der Waals surface area contributed by atoms with Crippen molar-refractivity contribution in [3.8, 4) is 0 Å². The van der Waals surface area contributed by atoms with E-state index in [1.165, 1.54) is 58.4 Å². The second-order valence-electron chi connectivity index (χ2n) is 12.5. The number of carboxylic acid groups (broad SMARTS) is 1. The van der Waals surface area contributed by atoms with Gasteiger partial charge >= 0.3 is 5.97 Å². The van der Waals surface area contributed by atoms with E-state index in [0.717, 1.165) is 43.0 Å². The van der Waals surface area contributed by atoms with Crippen LogP contribution in [0.15, 0.2) is 34.2 Å². The lowest BCUT2D eigenvalue weighted by Gasteiger charge is -2.54. The lowest BCUT2D eigenvalue weighted by atomic mass is 9.73. The summed E-state index contributed by atoms with van der Waals surface area (Å²) < 4.78 is 1.83. The average molecular weight is 564 g/mol. The molecule has 3 heterocycles. The molecule has 2 aliphatic carbocycles. The smallest absolute Gasteiger partial charge is 0.344 e. The Labute approximate surface area is 240 Å². The SMILES string of the molecule is CNC(=O)/C(=N\OCC(=O)O)c1nc2ccccc2n(C2CC3CCCC(C2)N3C2CC3CCCCC(C3)C2)c1=O. The summed E-state index contributed by atoms with van der Waals surface area (Å²) in [7, 11) is 1.42. The molecule has 4 unspecified atom stereocenters. The zero-order chi connectivity index (χ0) is 28.5. The number of carbonyl (C=O) groups excluding carboxylic acids is 1. The Kier molecular flexibility index (Phi) is 8.10. The van der Waals surface area contributed by atoms with E-state index in [1.807, 2.05) is 28.8 Å². The Morgan fingerprint density at radius 3 is 2.29 bits per heavy atom. The third-order valence-corrected chi connectivity index (χ3v) is 9.95. The van der Waals surface area contributed by atoms with Gasteiger partial charge in [-0.2, -0.15) is 0 Å². The number of benzene rings is 1. The zero-order valence-electron chi connectivity index (χ0n) is 23.8. The van der Waals surface area contributed by atoms with E-state index in [4.69, 9.17) is 9.94 Å². The molecule has 10 heteroatoms. The first-order valence-corrected chi connectivity index (χ1v) is 15.4. The predicted octanol–water partition coefficient (Wildman–Crippen LogP) is 3.86. The maximum Gasteiger partial charge on any atom is 0.344 e. The van der Waals surface area contributed by atoms with E-state index in [2.05, 4.69) is 20.4 Å². The number of piperidine rings is 2. The minimum Gasteiger partial charge on any atom is -0.479 e. The van der Waals surface area contributed by atoms with Crippen LogP contribution in [0, 0.1) is 11.8 Å². The summed E-state index contributed by atoms with van der Waals surface area (Å²) in [5, 5.41) is 15.2. The number of hydrogen-bond donors (Lipinski definition) is 2. The van der Waals surface area contributed by atoms with Crippen LogP contribution in [0.2, 0.25) is 0 Å². The van der Waals surface area contributed by atoms with Crippen molar-refractivity contribution in [2.24, 2.45) is 17.0 Å². The number of likely N-dealkylation sites (N-methyl/N-ethyl adjacent to an activating group) is 1. The molecule has 4 bridgehead atoms. The van der Waals surface area contributed by atoms with Gasteiger partial charge in [-0.05, 0) is 68.9 Å². The van der Waals surface area contributed by atoms with Gasteiger partial charge in [0.2, 0.25) is 6.61 Å². The molecule has 0 radical (unpaired) electrons. The number of fused-ring (bicyclic) bond motifs is 5. The van der Waals surface area contributed by atoms with Crippen molar-refractivity contribution in [1.29, 1.82) is 0 Å². The highest BCUT2D eigenvalue weighted by atomic mass is 16.6. The van der Waals surface area contributed by atoms with E-state index in [-0.39, 0.29) is 17.4 Å². The van der Waals surface area contributed by atoms with Crippen LogP contribution in [-0.4, -0.2) is 68.9 Å². The van der Waals surface area contributed by atoms with Crippen LogP contribution in [0.4, 0.5) is 0 Å². The first kappa shape index (κ1) is 27.9. The summed E-state index contributed by atoms with van der Waals surface area (Å²) in [5.41, 5.74) is 0.480. The number of rotatable bonds is 7. The van der Waals surface area contributed by atoms with Gasteiger partial charge in [0.15, 0.2) is 11.4 Å². The molecule has 41 heavy (non-hydrogen) atoms. The highest BCUT2D eigenvalue weighted by Crippen LogP contribution is 2.47. The molecule has 6 rings (SSSR count). The fourth-order valence-corrected chi connectivity index (χ4v) is 8.44. The largest absolute Gasteiger partial charge is 0.479 e. The molecule has 0 spiro atoms. The van der Waals surface area contributed by atoms with Gasteiger partial charge in [-0.15, -0.1) is 0 Å². The number of aliphatic carboxylic acids is 1. The van der Waals surface area contributed by atoms with Crippen LogP contribution in [0.1, 0.15) is 88.8 Å². The maximum absolute atomic E-state index is 14.2. The van der Waals surface area contributed by atoms with Gasteiger partial charge in [0.1, 0.15) is 0 Å². The summed E-state index contributed by atoms with van der Waals surface area (Å²) >= 11 is 0. The molecule has 2 aliphatic heterocycles. The lowest BCUT2D eigenvalue weighted by Crippen LogP contribution is -2.58. The molecule has 2 saturated carbocycles. The van der Waals surface area contributed by atoms with Crippen molar-refractivity contribution in [3.05, 3.63) is 40.3 Å². The third-order valence-electron chi connectivity index (χ3n) is 9.95. The summed E-state index contributed by atoms with van der Waals surface area (Å²) in [5.74, 6) is -0.170. The van der Waals surface area contributed by atoms with E-state index < -0.39 is 24.0 Å². The van der Waals surface area contributed by atoms with Gasteiger partial charge < -0.3 is 19.8 Å². The second kappa shape index (κ2) is 11.9. The third kappa shape index (κ3) is 5.63. The molecular formula is C31H41N5O5. The quantitative estimate of drug-likeness (QED) is 0.387. The number of oxime groups is 1. The maximum atomic E-state index is 14.2. The number of para-hydroxylation sites is 2. The van der Waals surface area contributed by atoms with Gasteiger partial charge in [-0.1, -0.05) is 49.4 Å². The van der Waals surface area contributed by atoms with Crippen LogP contribution >= 0.6 is 0 Å². The molecular weight excluding hydrogens is 522 g/mol. The van der Waals surface area contributed by atoms with Gasteiger partial charge in [-0.3, -0.25) is 14.5 Å². The summed E-state index contributed by atoms with van der Waals surface area (Å²) in [4.78, 5) is 50.3. The number of carbonyl (C=O) groups is 2. The summed E-state index contributed by atoms with van der Waals surface area (Å²) in [6.45, 7) is -0.729. The van der Waals surface area contributed by atoms with E-state index in [9.17, 15) is 14.4 Å². The molecule has 2 N–H and O–H groups in total. The highest BCUT2D eigenvalue weighted by Gasteiger charge is 2.45. The number of amides is 1. The number of carboxylic acids is 1. The molecule has 4 atom stereocenters. The average Bonchev–Trinajstić information content (AvgIpc) is 3.13. The lowest BCUT2D eigenvalue weighted by molar-refractivity contribution is -0.142. The fraction of sp³-hybridized carbons (Fsp3) is 0.645. The van der Waals surface area contributed by atoms with Crippen LogP contribution in [0.5, 0.6) is 0 Å². The Balaban J connectivity index is 1.35. The van der Waals surface area contributed by atoms with Crippen LogP contribution in [0.25, 0.3) is 11.0 Å². The molecule has 1 aromatic carbocycles. The molecule has 2 aromatic rings. The summed E-state index contributed by atoms with van der Waals surface area (Å²) in [6, 6.07) is 8.99. The molecule has 1 aromatic heterocycles. The summed E-state index contributed by atoms with van der Waals surface area (Å²) in [6.07, 6.45) is 14.9. The highest BCUT2D eigenvalue weighted by molar-refractivity contribution is 6.44. The topological polar surface area (TPSA) is 126 Å². The number of nitrogens with zero attached hydrogens (tertiary/aromatic N) is 4. The normalized spacial score (nSPS) is 30.4. The monoisotopic (exact) mass is 563 g/mol.